The highest BCUT2D eigenvalue weighted by molar-refractivity contribution is 5.89. The zero-order chi connectivity index (χ0) is 16.9. The molecule has 128 valence electrons. The van der Waals surface area contributed by atoms with E-state index in [4.69, 9.17) is 4.74 Å². The Bertz CT molecular complexity index is 522. The van der Waals surface area contributed by atoms with Crippen molar-refractivity contribution in [1.29, 1.82) is 0 Å². The summed E-state index contributed by atoms with van der Waals surface area (Å²) >= 11 is 0. The van der Waals surface area contributed by atoms with E-state index in [0.29, 0.717) is 6.04 Å². The van der Waals surface area contributed by atoms with E-state index in [0.717, 1.165) is 17.3 Å². The predicted octanol–water partition coefficient (Wildman–Crippen LogP) is 5.41. The first-order valence-electron chi connectivity index (χ1n) is 8.69. The number of hydrogen-bond donors (Lipinski definition) is 2. The smallest absolute Gasteiger partial charge is 0.412 e. The topological polar surface area (TPSA) is 50.4 Å². The van der Waals surface area contributed by atoms with Crippen LogP contribution in [0.2, 0.25) is 0 Å². The van der Waals surface area contributed by atoms with Crippen LogP contribution in [0.4, 0.5) is 16.2 Å². The maximum Gasteiger partial charge on any atom is 0.412 e. The van der Waals surface area contributed by atoms with Gasteiger partial charge in [-0.15, -0.1) is 0 Å². The molecule has 23 heavy (non-hydrogen) atoms. The van der Waals surface area contributed by atoms with E-state index in [1.807, 2.05) is 45.0 Å². The number of nitrogens with one attached hydrogen (secondary N) is 2. The normalized spacial score (nSPS) is 22.1. The highest BCUT2D eigenvalue weighted by Crippen LogP contribution is 2.28. The van der Waals surface area contributed by atoms with Gasteiger partial charge in [0.1, 0.15) is 5.60 Å². The Morgan fingerprint density at radius 3 is 2.48 bits per heavy atom. The van der Waals surface area contributed by atoms with Gasteiger partial charge in [0, 0.05) is 6.04 Å². The Kier molecular flexibility index (Phi) is 5.91. The first-order valence-corrected chi connectivity index (χ1v) is 8.69. The summed E-state index contributed by atoms with van der Waals surface area (Å²) in [7, 11) is 0. The minimum Gasteiger partial charge on any atom is -0.444 e. The van der Waals surface area contributed by atoms with Crippen molar-refractivity contribution in [2.75, 3.05) is 10.6 Å². The van der Waals surface area contributed by atoms with Crippen molar-refractivity contribution in [1.82, 2.24) is 0 Å². The average Bonchev–Trinajstić information content (AvgIpc) is 2.64. The molecule has 0 aliphatic heterocycles. The number of ether oxygens (including phenoxy) is 1. The predicted molar refractivity (Wildman–Crippen MR) is 96.0 cm³/mol. The van der Waals surface area contributed by atoms with Crippen molar-refractivity contribution in [2.45, 2.75) is 71.4 Å². The van der Waals surface area contributed by atoms with E-state index in [2.05, 4.69) is 17.6 Å². The molecule has 1 aromatic carbocycles. The van der Waals surface area contributed by atoms with E-state index >= 15 is 0 Å². The molecule has 0 heterocycles. The number of rotatable bonds is 3. The summed E-state index contributed by atoms with van der Waals surface area (Å²) < 4.78 is 5.34. The molecule has 0 bridgehead atoms. The number of para-hydroxylation sites is 2. The molecule has 2 rings (SSSR count). The number of amides is 1. The van der Waals surface area contributed by atoms with Gasteiger partial charge in [-0.3, -0.25) is 5.32 Å². The molecule has 1 fully saturated rings. The van der Waals surface area contributed by atoms with Crippen LogP contribution in [-0.4, -0.2) is 17.7 Å². The number of hydrogen-bond acceptors (Lipinski definition) is 3. The van der Waals surface area contributed by atoms with Crippen molar-refractivity contribution in [2.24, 2.45) is 5.92 Å². The Morgan fingerprint density at radius 2 is 1.78 bits per heavy atom. The summed E-state index contributed by atoms with van der Waals surface area (Å²) in [6, 6.07) is 8.31. The standard InChI is InChI=1S/C19H30N2O2/c1-14-8-7-9-15(13-12-14)20-16-10-5-6-11-17(16)21-18(22)23-19(2,3)4/h5-6,10-11,14-15,20H,7-9,12-13H2,1-4H3,(H,21,22). The molecular formula is C19H30N2O2. The zero-order valence-corrected chi connectivity index (χ0v) is 14.8. The first-order chi connectivity index (χ1) is 10.8. The van der Waals surface area contributed by atoms with Crippen LogP contribution in [0, 0.1) is 5.92 Å². The number of anilines is 2. The largest absolute Gasteiger partial charge is 0.444 e. The van der Waals surface area contributed by atoms with Gasteiger partial charge in [0.05, 0.1) is 11.4 Å². The second kappa shape index (κ2) is 7.71. The third-order valence-electron chi connectivity index (χ3n) is 4.18. The second-order valence-corrected chi connectivity index (χ2v) is 7.63. The monoisotopic (exact) mass is 318 g/mol. The minimum absolute atomic E-state index is 0.416. The van der Waals surface area contributed by atoms with Crippen molar-refractivity contribution in [3.63, 3.8) is 0 Å². The minimum atomic E-state index is -0.496. The first kappa shape index (κ1) is 17.6. The molecule has 1 aliphatic carbocycles. The van der Waals surface area contributed by atoms with E-state index in [-0.39, 0.29) is 0 Å². The number of carbonyl (C=O) groups is 1. The molecule has 2 unspecified atom stereocenters. The van der Waals surface area contributed by atoms with Crippen LogP contribution in [-0.2, 0) is 4.74 Å². The van der Waals surface area contributed by atoms with Gasteiger partial charge < -0.3 is 10.1 Å². The quantitative estimate of drug-likeness (QED) is 0.732. The SMILES string of the molecule is CC1CCCC(Nc2ccccc2NC(=O)OC(C)(C)C)CC1. The van der Waals surface area contributed by atoms with Crippen molar-refractivity contribution < 1.29 is 9.53 Å². The Balaban J connectivity index is 2.01. The van der Waals surface area contributed by atoms with Gasteiger partial charge in [-0.1, -0.05) is 31.9 Å². The Labute approximate surface area is 140 Å². The molecule has 0 aromatic heterocycles. The van der Waals surface area contributed by atoms with Gasteiger partial charge in [-0.2, -0.15) is 0 Å². The molecular weight excluding hydrogens is 288 g/mol. The third-order valence-corrected chi connectivity index (χ3v) is 4.18. The summed E-state index contributed by atoms with van der Waals surface area (Å²) in [5, 5.41) is 6.47. The summed E-state index contributed by atoms with van der Waals surface area (Å²) in [4.78, 5) is 12.0. The lowest BCUT2D eigenvalue weighted by atomic mass is 10.0. The summed E-state index contributed by atoms with van der Waals surface area (Å²) in [6.07, 6.45) is 5.80. The fourth-order valence-electron chi connectivity index (χ4n) is 2.98. The third kappa shape index (κ3) is 6.12. The molecule has 1 amide bonds. The Morgan fingerprint density at radius 1 is 1.09 bits per heavy atom. The van der Waals surface area contributed by atoms with Crippen LogP contribution >= 0.6 is 0 Å². The molecule has 1 aliphatic rings. The maximum absolute atomic E-state index is 12.0. The van der Waals surface area contributed by atoms with Gasteiger partial charge in [0.15, 0.2) is 0 Å². The number of carbonyl (C=O) groups excluding carboxylic acids is 1. The number of benzene rings is 1. The lowest BCUT2D eigenvalue weighted by Gasteiger charge is -2.22. The van der Waals surface area contributed by atoms with Crippen LogP contribution in [0.3, 0.4) is 0 Å². The summed E-state index contributed by atoms with van der Waals surface area (Å²) in [5.74, 6) is 0.817. The average molecular weight is 318 g/mol. The maximum atomic E-state index is 12.0. The zero-order valence-electron chi connectivity index (χ0n) is 14.8. The lowest BCUT2D eigenvalue weighted by molar-refractivity contribution is 0.0636. The van der Waals surface area contributed by atoms with Gasteiger partial charge in [-0.05, 0) is 58.1 Å². The van der Waals surface area contributed by atoms with Gasteiger partial charge in [-0.25, -0.2) is 4.79 Å². The molecule has 2 N–H and O–H groups in total. The molecule has 1 saturated carbocycles. The second-order valence-electron chi connectivity index (χ2n) is 7.63. The summed E-state index contributed by atoms with van der Waals surface area (Å²) in [6.45, 7) is 7.93. The molecule has 4 heteroatoms. The van der Waals surface area contributed by atoms with Gasteiger partial charge >= 0.3 is 6.09 Å². The molecule has 1 aromatic rings. The molecule has 4 nitrogen and oxygen atoms in total. The highest BCUT2D eigenvalue weighted by atomic mass is 16.6. The van der Waals surface area contributed by atoms with Gasteiger partial charge in [0.25, 0.3) is 0 Å². The van der Waals surface area contributed by atoms with Crippen LogP contribution in [0.15, 0.2) is 24.3 Å². The van der Waals surface area contributed by atoms with E-state index < -0.39 is 11.7 Å². The van der Waals surface area contributed by atoms with Crippen LogP contribution < -0.4 is 10.6 Å². The van der Waals surface area contributed by atoms with Crippen molar-refractivity contribution >= 4 is 17.5 Å². The molecule has 0 spiro atoms. The fraction of sp³-hybridized carbons (Fsp3) is 0.632. The fourth-order valence-corrected chi connectivity index (χ4v) is 2.98. The van der Waals surface area contributed by atoms with E-state index in [1.54, 1.807) is 0 Å². The lowest BCUT2D eigenvalue weighted by Crippen LogP contribution is -2.28. The van der Waals surface area contributed by atoms with E-state index in [9.17, 15) is 4.79 Å². The molecule has 2 atom stereocenters. The van der Waals surface area contributed by atoms with Gasteiger partial charge in [0.2, 0.25) is 0 Å². The summed E-state index contributed by atoms with van der Waals surface area (Å²) in [5.41, 5.74) is 1.25. The molecule has 0 radical (unpaired) electrons. The molecule has 0 saturated heterocycles. The Hall–Kier alpha value is -1.71. The van der Waals surface area contributed by atoms with Crippen LogP contribution in [0.25, 0.3) is 0 Å². The van der Waals surface area contributed by atoms with Crippen molar-refractivity contribution in [3.8, 4) is 0 Å². The highest BCUT2D eigenvalue weighted by Gasteiger charge is 2.19. The van der Waals surface area contributed by atoms with Crippen LogP contribution in [0.5, 0.6) is 0 Å². The van der Waals surface area contributed by atoms with E-state index in [1.165, 1.54) is 32.1 Å². The van der Waals surface area contributed by atoms with Crippen molar-refractivity contribution in [3.05, 3.63) is 24.3 Å². The van der Waals surface area contributed by atoms with Crippen LogP contribution in [0.1, 0.15) is 59.8 Å².